The smallest absolute Gasteiger partial charge is 0.125 e. The molecular weight excluding hydrogens is 274 g/mol. The van der Waals surface area contributed by atoms with Crippen molar-refractivity contribution in [2.45, 2.75) is 45.6 Å². The van der Waals surface area contributed by atoms with E-state index in [0.29, 0.717) is 11.9 Å². The van der Waals surface area contributed by atoms with Gasteiger partial charge in [-0.3, -0.25) is 0 Å². The third kappa shape index (κ3) is 2.19. The molecule has 1 aliphatic carbocycles. The van der Waals surface area contributed by atoms with Crippen LogP contribution in [0.1, 0.15) is 45.1 Å². The van der Waals surface area contributed by atoms with E-state index in [0.717, 1.165) is 46.5 Å². The van der Waals surface area contributed by atoms with Gasteiger partial charge >= 0.3 is 0 Å². The lowest BCUT2D eigenvalue weighted by Crippen LogP contribution is -2.36. The molecule has 1 fully saturated rings. The van der Waals surface area contributed by atoms with E-state index in [-0.39, 0.29) is 0 Å². The SMILES string of the molecule is C=C(C)C1=C(C)c2cnc(N)cc2N(C2CCCC2)/C1=C\O. The number of aliphatic hydroxyl groups excluding tert-OH is 1. The normalized spacial score (nSPS) is 20.6. The zero-order chi connectivity index (χ0) is 15.9. The van der Waals surface area contributed by atoms with Crippen LogP contribution < -0.4 is 10.6 Å². The number of anilines is 2. The minimum absolute atomic E-state index is 0.390. The summed E-state index contributed by atoms with van der Waals surface area (Å²) in [5, 5.41) is 9.93. The van der Waals surface area contributed by atoms with E-state index in [9.17, 15) is 5.11 Å². The number of hydrogen-bond donors (Lipinski definition) is 2. The van der Waals surface area contributed by atoms with Crippen molar-refractivity contribution in [3.8, 4) is 0 Å². The number of aromatic nitrogens is 1. The van der Waals surface area contributed by atoms with Crippen LogP contribution in [0.15, 0.2) is 41.9 Å². The van der Waals surface area contributed by atoms with Crippen LogP contribution in [0, 0.1) is 0 Å². The van der Waals surface area contributed by atoms with Crippen LogP contribution in [0.4, 0.5) is 11.5 Å². The van der Waals surface area contributed by atoms with Gasteiger partial charge in [-0.15, -0.1) is 0 Å². The van der Waals surface area contributed by atoms with E-state index in [1.165, 1.54) is 19.1 Å². The fraction of sp³-hybridized carbons (Fsp3) is 0.389. The molecular formula is C18H23N3O. The molecule has 1 aliphatic heterocycles. The first-order chi connectivity index (χ1) is 10.5. The molecule has 116 valence electrons. The molecule has 0 bridgehead atoms. The van der Waals surface area contributed by atoms with Gasteiger partial charge in [-0.2, -0.15) is 0 Å². The van der Waals surface area contributed by atoms with Crippen LogP contribution in [0.2, 0.25) is 0 Å². The van der Waals surface area contributed by atoms with Gasteiger partial charge in [0.25, 0.3) is 0 Å². The van der Waals surface area contributed by atoms with Gasteiger partial charge in [-0.05, 0) is 37.8 Å². The third-order valence-corrected chi connectivity index (χ3v) is 4.70. The van der Waals surface area contributed by atoms with E-state index >= 15 is 0 Å². The second-order valence-electron chi connectivity index (χ2n) is 6.23. The average molecular weight is 297 g/mol. The number of nitrogen functional groups attached to an aromatic ring is 1. The third-order valence-electron chi connectivity index (χ3n) is 4.70. The summed E-state index contributed by atoms with van der Waals surface area (Å²) in [4.78, 5) is 6.49. The van der Waals surface area contributed by atoms with Crippen LogP contribution in [0.25, 0.3) is 5.57 Å². The highest BCUT2D eigenvalue weighted by atomic mass is 16.2. The summed E-state index contributed by atoms with van der Waals surface area (Å²) in [7, 11) is 0. The molecule has 4 nitrogen and oxygen atoms in total. The van der Waals surface area contributed by atoms with E-state index < -0.39 is 0 Å². The van der Waals surface area contributed by atoms with Crippen molar-refractivity contribution in [3.63, 3.8) is 0 Å². The topological polar surface area (TPSA) is 62.4 Å². The van der Waals surface area contributed by atoms with Crippen LogP contribution in [-0.4, -0.2) is 16.1 Å². The van der Waals surface area contributed by atoms with Gasteiger partial charge in [-0.1, -0.05) is 19.4 Å². The van der Waals surface area contributed by atoms with Crippen molar-refractivity contribution in [2.24, 2.45) is 0 Å². The fourth-order valence-electron chi connectivity index (χ4n) is 3.75. The number of fused-ring (bicyclic) bond motifs is 1. The molecule has 3 N–H and O–H groups in total. The van der Waals surface area contributed by atoms with Gasteiger partial charge in [0, 0.05) is 29.4 Å². The zero-order valence-corrected chi connectivity index (χ0v) is 13.3. The van der Waals surface area contributed by atoms with Crippen molar-refractivity contribution in [1.82, 2.24) is 4.98 Å². The largest absolute Gasteiger partial charge is 0.513 e. The highest BCUT2D eigenvalue weighted by Gasteiger charge is 2.34. The Morgan fingerprint density at radius 2 is 2.14 bits per heavy atom. The molecule has 2 heterocycles. The minimum Gasteiger partial charge on any atom is -0.513 e. The number of rotatable bonds is 2. The molecule has 0 aromatic carbocycles. The van der Waals surface area contributed by atoms with Gasteiger partial charge in [0.15, 0.2) is 0 Å². The molecule has 0 amide bonds. The van der Waals surface area contributed by atoms with Crippen molar-refractivity contribution in [2.75, 3.05) is 10.6 Å². The maximum absolute atomic E-state index is 9.93. The first kappa shape index (κ1) is 14.7. The van der Waals surface area contributed by atoms with Crippen molar-refractivity contribution in [3.05, 3.63) is 47.5 Å². The summed E-state index contributed by atoms with van der Waals surface area (Å²) in [5.74, 6) is 0.505. The molecule has 0 unspecified atom stereocenters. The highest BCUT2D eigenvalue weighted by Crippen LogP contribution is 2.45. The molecule has 22 heavy (non-hydrogen) atoms. The molecule has 0 saturated heterocycles. The van der Waals surface area contributed by atoms with Crippen molar-refractivity contribution < 1.29 is 5.11 Å². The minimum atomic E-state index is 0.390. The lowest BCUT2D eigenvalue weighted by Gasteiger charge is -2.39. The van der Waals surface area contributed by atoms with Gasteiger partial charge in [0.2, 0.25) is 0 Å². The predicted octanol–water partition coefficient (Wildman–Crippen LogP) is 4.18. The molecule has 3 rings (SSSR count). The predicted molar refractivity (Wildman–Crippen MR) is 91.5 cm³/mol. The summed E-state index contributed by atoms with van der Waals surface area (Å²) in [6.07, 6.45) is 7.75. The van der Waals surface area contributed by atoms with Gasteiger partial charge in [-0.25, -0.2) is 4.98 Å². The maximum Gasteiger partial charge on any atom is 0.125 e. The lowest BCUT2D eigenvalue weighted by molar-refractivity contribution is 0.462. The molecule has 4 heteroatoms. The molecule has 0 spiro atoms. The molecule has 0 radical (unpaired) electrons. The number of allylic oxidation sites excluding steroid dienone is 2. The monoisotopic (exact) mass is 297 g/mol. The fourth-order valence-corrected chi connectivity index (χ4v) is 3.75. The second-order valence-corrected chi connectivity index (χ2v) is 6.23. The summed E-state index contributed by atoms with van der Waals surface area (Å²) in [6.45, 7) is 8.13. The Bertz CT molecular complexity index is 682. The Morgan fingerprint density at radius 1 is 1.45 bits per heavy atom. The zero-order valence-electron chi connectivity index (χ0n) is 13.3. The molecule has 1 aromatic heterocycles. The molecule has 1 aromatic rings. The molecule has 2 aliphatic rings. The van der Waals surface area contributed by atoms with E-state index in [2.05, 4.69) is 23.4 Å². The van der Waals surface area contributed by atoms with Crippen LogP contribution in [0.3, 0.4) is 0 Å². The quantitative estimate of drug-likeness (QED) is 0.804. The van der Waals surface area contributed by atoms with Crippen LogP contribution in [0.5, 0.6) is 0 Å². The number of pyridine rings is 1. The van der Waals surface area contributed by atoms with E-state index in [1.54, 1.807) is 0 Å². The van der Waals surface area contributed by atoms with Gasteiger partial charge in [0.05, 0.1) is 11.4 Å². The van der Waals surface area contributed by atoms with E-state index in [4.69, 9.17) is 5.73 Å². The Hall–Kier alpha value is -2.23. The van der Waals surface area contributed by atoms with Crippen LogP contribution >= 0.6 is 0 Å². The summed E-state index contributed by atoms with van der Waals surface area (Å²) in [5.41, 5.74) is 11.9. The Kier molecular flexibility index (Phi) is 3.69. The Morgan fingerprint density at radius 3 is 2.73 bits per heavy atom. The maximum atomic E-state index is 9.93. The number of nitrogens with two attached hydrogens (primary N) is 1. The molecule has 0 atom stereocenters. The van der Waals surface area contributed by atoms with Gasteiger partial charge < -0.3 is 15.7 Å². The van der Waals surface area contributed by atoms with Gasteiger partial charge in [0.1, 0.15) is 12.1 Å². The molecule has 1 saturated carbocycles. The summed E-state index contributed by atoms with van der Waals surface area (Å²) in [6, 6.07) is 2.30. The van der Waals surface area contributed by atoms with Crippen molar-refractivity contribution in [1.29, 1.82) is 0 Å². The Balaban J connectivity index is 2.25. The summed E-state index contributed by atoms with van der Waals surface area (Å²) >= 11 is 0. The first-order valence-corrected chi connectivity index (χ1v) is 7.81. The van der Waals surface area contributed by atoms with Crippen molar-refractivity contribution >= 4 is 17.1 Å². The van der Waals surface area contributed by atoms with Crippen LogP contribution in [-0.2, 0) is 0 Å². The van der Waals surface area contributed by atoms with E-state index in [1.807, 2.05) is 19.2 Å². The highest BCUT2D eigenvalue weighted by molar-refractivity contribution is 5.89. The standard InChI is InChI=1S/C18H23N3O/c1-11(2)18-12(3)14-9-20-17(19)8-15(14)21(16(18)10-22)13-6-4-5-7-13/h8-10,13,22H,1,4-7H2,2-3H3,(H2,19,20)/b16-10-. The number of aliphatic hydroxyl groups is 1. The lowest BCUT2D eigenvalue weighted by atomic mass is 9.88. The number of hydrogen-bond acceptors (Lipinski definition) is 4. The first-order valence-electron chi connectivity index (χ1n) is 7.81. The average Bonchev–Trinajstić information content (AvgIpc) is 2.99. The summed E-state index contributed by atoms with van der Waals surface area (Å²) < 4.78 is 0. The number of nitrogens with zero attached hydrogens (tertiary/aromatic N) is 2. The Labute approximate surface area is 131 Å². The second kappa shape index (κ2) is 5.52.